The number of rotatable bonds is 12. The molecule has 334 valence electrons. The van der Waals surface area contributed by atoms with Gasteiger partial charge in [-0.1, -0.05) is 158 Å². The van der Waals surface area contributed by atoms with Crippen LogP contribution >= 0.6 is 0 Å². The van der Waals surface area contributed by atoms with Gasteiger partial charge in [-0.25, -0.2) is 0 Å². The molecule has 0 saturated heterocycles. The van der Waals surface area contributed by atoms with Crippen LogP contribution in [0.25, 0.3) is 32.3 Å². The van der Waals surface area contributed by atoms with Crippen LogP contribution in [-0.4, -0.2) is 6.04 Å². The summed E-state index contributed by atoms with van der Waals surface area (Å²) in [7, 11) is 0. The van der Waals surface area contributed by atoms with Crippen molar-refractivity contribution in [1.82, 2.24) is 0 Å². The normalized spacial score (nSPS) is 13.3. The average molecular weight is 899 g/mol. The number of hydrogen-bond donors (Lipinski definition) is 0. The Balaban J connectivity index is 0.935. The molecule has 0 fully saturated rings. The van der Waals surface area contributed by atoms with Gasteiger partial charge in [0.1, 0.15) is 0 Å². The lowest BCUT2D eigenvalue weighted by molar-refractivity contribution is 0.776. The molecule has 11 aromatic carbocycles. The summed E-state index contributed by atoms with van der Waals surface area (Å²) in [4.78, 5) is 9.57. The molecule has 70 heavy (non-hydrogen) atoms. The third kappa shape index (κ3) is 8.44. The number of hydrogen-bond acceptors (Lipinski definition) is 4. The minimum absolute atomic E-state index is 0.0334. The molecule has 0 N–H and O–H groups in total. The minimum Gasteiger partial charge on any atom is -0.334 e. The smallest absolute Gasteiger partial charge is 0.0561 e. The molecule has 1 aliphatic carbocycles. The van der Waals surface area contributed by atoms with E-state index >= 15 is 0 Å². The van der Waals surface area contributed by atoms with E-state index in [1.54, 1.807) is 0 Å². The lowest BCUT2D eigenvalue weighted by Crippen LogP contribution is -2.31. The zero-order chi connectivity index (χ0) is 46.6. The fourth-order valence-corrected chi connectivity index (χ4v) is 10.0. The third-order valence-electron chi connectivity index (χ3n) is 13.4. The number of para-hydroxylation sites is 3. The van der Waals surface area contributed by atoms with Gasteiger partial charge in [-0.05, 0) is 166 Å². The maximum absolute atomic E-state index is 2.49. The van der Waals surface area contributed by atoms with Crippen molar-refractivity contribution in [1.29, 1.82) is 0 Å². The summed E-state index contributed by atoms with van der Waals surface area (Å²) in [5.41, 5.74) is 12.2. The van der Waals surface area contributed by atoms with Crippen molar-refractivity contribution in [2.45, 2.75) is 12.5 Å². The number of fused-ring (bicyclic) bond motifs is 3. The molecular weight excluding hydrogens is 849 g/mol. The van der Waals surface area contributed by atoms with E-state index in [-0.39, 0.29) is 6.04 Å². The van der Waals surface area contributed by atoms with Crippen LogP contribution in [0.15, 0.2) is 291 Å². The molecule has 0 amide bonds. The Morgan fingerprint density at radius 3 is 0.929 bits per heavy atom. The van der Waals surface area contributed by atoms with Crippen molar-refractivity contribution < 1.29 is 0 Å². The van der Waals surface area contributed by atoms with Gasteiger partial charge in [-0.2, -0.15) is 0 Å². The van der Waals surface area contributed by atoms with Crippen molar-refractivity contribution in [3.63, 3.8) is 0 Å². The van der Waals surface area contributed by atoms with Gasteiger partial charge in [0.2, 0.25) is 0 Å². The lowest BCUT2D eigenvalue weighted by Gasteiger charge is -2.36. The van der Waals surface area contributed by atoms with E-state index in [4.69, 9.17) is 0 Å². The predicted molar refractivity (Wildman–Crippen MR) is 298 cm³/mol. The molecule has 12 rings (SSSR count). The summed E-state index contributed by atoms with van der Waals surface area (Å²) >= 11 is 0. The van der Waals surface area contributed by atoms with E-state index in [9.17, 15) is 0 Å². The molecule has 11 aromatic rings. The number of nitrogens with zero attached hydrogens (tertiary/aromatic N) is 4. The monoisotopic (exact) mass is 898 g/mol. The van der Waals surface area contributed by atoms with Crippen LogP contribution < -0.4 is 19.6 Å². The highest BCUT2D eigenvalue weighted by Crippen LogP contribution is 2.42. The summed E-state index contributed by atoms with van der Waals surface area (Å²) in [5, 5.41) is 7.32. The molecule has 4 heteroatoms. The molecule has 1 atom stereocenters. The Morgan fingerprint density at radius 2 is 0.557 bits per heavy atom. The molecule has 1 unspecified atom stereocenters. The first-order valence-electron chi connectivity index (χ1n) is 24.1. The van der Waals surface area contributed by atoms with Crippen LogP contribution in [0.3, 0.4) is 0 Å². The maximum Gasteiger partial charge on any atom is 0.0561 e. The largest absolute Gasteiger partial charge is 0.334 e. The Hall–Kier alpha value is -9.12. The Labute approximate surface area is 410 Å². The molecule has 0 aliphatic heterocycles. The van der Waals surface area contributed by atoms with Gasteiger partial charge in [0.25, 0.3) is 0 Å². The van der Waals surface area contributed by atoms with Gasteiger partial charge in [0.05, 0.1) is 6.04 Å². The molecule has 1 aliphatic rings. The Bertz CT molecular complexity index is 3480. The molecule has 0 radical (unpaired) electrons. The van der Waals surface area contributed by atoms with Crippen LogP contribution in [0.4, 0.5) is 56.9 Å². The Morgan fingerprint density at radius 1 is 0.257 bits per heavy atom. The molecule has 0 spiro atoms. The second-order valence-electron chi connectivity index (χ2n) is 17.8. The van der Waals surface area contributed by atoms with Gasteiger partial charge in [0, 0.05) is 62.6 Å². The first-order valence-corrected chi connectivity index (χ1v) is 24.1. The van der Waals surface area contributed by atoms with Crippen molar-refractivity contribution >= 4 is 89.2 Å². The summed E-state index contributed by atoms with van der Waals surface area (Å²) in [6.07, 6.45) is 7.88. The Kier molecular flexibility index (Phi) is 11.4. The highest BCUT2D eigenvalue weighted by molar-refractivity contribution is 5.92. The summed E-state index contributed by atoms with van der Waals surface area (Å²) in [5.74, 6) is 0. The number of benzene rings is 11. The zero-order valence-electron chi connectivity index (χ0n) is 38.7. The average Bonchev–Trinajstić information content (AvgIpc) is 3.43. The van der Waals surface area contributed by atoms with Crippen LogP contribution in [-0.2, 0) is 0 Å². The van der Waals surface area contributed by atoms with Gasteiger partial charge in [-0.3, -0.25) is 0 Å². The van der Waals surface area contributed by atoms with Crippen molar-refractivity contribution in [2.75, 3.05) is 19.6 Å². The van der Waals surface area contributed by atoms with Crippen LogP contribution in [0.5, 0.6) is 0 Å². The van der Waals surface area contributed by atoms with Gasteiger partial charge >= 0.3 is 0 Å². The van der Waals surface area contributed by atoms with Crippen LogP contribution in [0, 0.1) is 0 Å². The van der Waals surface area contributed by atoms with Crippen molar-refractivity contribution in [2.24, 2.45) is 0 Å². The topological polar surface area (TPSA) is 13.0 Å². The van der Waals surface area contributed by atoms with E-state index in [1.165, 1.54) is 32.3 Å². The molecule has 4 nitrogen and oxygen atoms in total. The van der Waals surface area contributed by atoms with E-state index in [1.807, 2.05) is 0 Å². The molecule has 0 heterocycles. The summed E-state index contributed by atoms with van der Waals surface area (Å²) in [6, 6.07) is 96.2. The number of anilines is 10. The highest BCUT2D eigenvalue weighted by Gasteiger charge is 2.25. The second-order valence-corrected chi connectivity index (χ2v) is 17.8. The molecular formula is C66H50N4. The summed E-state index contributed by atoms with van der Waals surface area (Å²) in [6.45, 7) is 0. The standard InChI is InChI=1S/C66H50N4/c1-4-22-55(23-5-1)68(64-31-28-49-16-10-13-19-52(49)46-64)61-40-34-58(35-41-61)67(59-36-42-62(43-37-59)69(56-24-6-2-7-25-56)65-32-29-50-17-11-14-20-53(50)47-65)60-38-44-63(45-39-60)70(57-26-8-3-9-27-57)66-33-30-51-18-12-15-21-54(51)48-66/h1-38,40-48,60H,39H2. The van der Waals surface area contributed by atoms with Crippen LogP contribution in [0.2, 0.25) is 0 Å². The maximum atomic E-state index is 2.49. The van der Waals surface area contributed by atoms with E-state index in [0.717, 1.165) is 69.0 Å². The summed E-state index contributed by atoms with van der Waals surface area (Å²) < 4.78 is 0. The van der Waals surface area contributed by atoms with E-state index in [2.05, 4.69) is 305 Å². The lowest BCUT2D eigenvalue weighted by atomic mass is 10.0. The first kappa shape index (κ1) is 42.2. The van der Waals surface area contributed by atoms with Gasteiger partial charge in [0.15, 0.2) is 0 Å². The third-order valence-corrected chi connectivity index (χ3v) is 13.4. The molecule has 0 saturated carbocycles. The van der Waals surface area contributed by atoms with Gasteiger partial charge < -0.3 is 19.6 Å². The molecule has 0 aromatic heterocycles. The van der Waals surface area contributed by atoms with E-state index in [0.29, 0.717) is 0 Å². The first-order chi connectivity index (χ1) is 34.7. The fraction of sp³-hybridized carbons (Fsp3) is 0.0303. The fourth-order valence-electron chi connectivity index (χ4n) is 10.0. The SMILES string of the molecule is C1=CC(N(c2ccc(N(c3ccccc3)c3ccc4ccccc4c3)cc2)c2ccc(N(c3ccccc3)c3ccc4ccccc4c3)cc2)CC=C1N(c1ccccc1)c1ccc2ccccc2c1. The minimum atomic E-state index is 0.0334. The predicted octanol–water partition coefficient (Wildman–Crippen LogP) is 18.3. The zero-order valence-corrected chi connectivity index (χ0v) is 38.7. The second kappa shape index (κ2) is 18.9. The van der Waals surface area contributed by atoms with Gasteiger partial charge in [-0.15, -0.1) is 0 Å². The number of allylic oxidation sites excluding steroid dienone is 1. The molecule has 0 bridgehead atoms. The van der Waals surface area contributed by atoms with Crippen molar-refractivity contribution in [3.05, 3.63) is 291 Å². The quantitative estimate of drug-likeness (QED) is 0.121. The highest BCUT2D eigenvalue weighted by atomic mass is 15.2. The van der Waals surface area contributed by atoms with Crippen LogP contribution in [0.1, 0.15) is 6.42 Å². The van der Waals surface area contributed by atoms with E-state index < -0.39 is 0 Å². The van der Waals surface area contributed by atoms with Crippen molar-refractivity contribution in [3.8, 4) is 0 Å².